The van der Waals surface area contributed by atoms with Crippen LogP contribution in [0.4, 0.5) is 5.69 Å². The molecule has 1 aromatic carbocycles. The number of thioether (sulfide) groups is 1. The Morgan fingerprint density at radius 3 is 2.76 bits per heavy atom. The van der Waals surface area contributed by atoms with Gasteiger partial charge in [-0.1, -0.05) is 37.7 Å². The van der Waals surface area contributed by atoms with Crippen LogP contribution in [0.2, 0.25) is 0 Å². The van der Waals surface area contributed by atoms with E-state index in [1.807, 2.05) is 50.8 Å². The van der Waals surface area contributed by atoms with Gasteiger partial charge in [0, 0.05) is 16.9 Å². The molecule has 0 N–H and O–H groups in total. The lowest BCUT2D eigenvalue weighted by Crippen LogP contribution is -2.38. The predicted molar refractivity (Wildman–Crippen MR) is 104 cm³/mol. The summed E-state index contributed by atoms with van der Waals surface area (Å²) in [7, 11) is -3.04. The van der Waals surface area contributed by atoms with Gasteiger partial charge in [-0.3, -0.25) is 4.79 Å². The molecule has 0 bridgehead atoms. The highest BCUT2D eigenvalue weighted by molar-refractivity contribution is 8.16. The Labute approximate surface area is 153 Å². The second-order valence-electron chi connectivity index (χ2n) is 7.00. The lowest BCUT2D eigenvalue weighted by Gasteiger charge is -2.26. The number of sulfone groups is 1. The van der Waals surface area contributed by atoms with Crippen LogP contribution in [0, 0.1) is 19.8 Å². The number of amides is 1. The summed E-state index contributed by atoms with van der Waals surface area (Å²) in [5, 5.41) is 0.581. The van der Waals surface area contributed by atoms with Crippen LogP contribution in [-0.4, -0.2) is 42.3 Å². The number of hydrogen-bond donors (Lipinski definition) is 0. The summed E-state index contributed by atoms with van der Waals surface area (Å²) in [6.07, 6.45) is 0.741. The van der Waals surface area contributed by atoms with Gasteiger partial charge in [0.25, 0.3) is 5.91 Å². The molecule has 5 nitrogen and oxygen atoms in total. The number of aryl methyl sites for hydroxylation is 2. The van der Waals surface area contributed by atoms with E-state index >= 15 is 0 Å². The predicted octanol–water partition coefficient (Wildman–Crippen LogP) is 2.95. The average molecular weight is 381 g/mol. The van der Waals surface area contributed by atoms with Crippen LogP contribution >= 0.6 is 11.8 Å². The topological polar surface area (TPSA) is 66.8 Å². The van der Waals surface area contributed by atoms with Crippen molar-refractivity contribution in [1.82, 2.24) is 0 Å². The van der Waals surface area contributed by atoms with Crippen molar-refractivity contribution in [3.05, 3.63) is 29.3 Å². The molecule has 2 aliphatic heterocycles. The number of fused-ring (bicyclic) bond motifs is 1. The van der Waals surface area contributed by atoms with Gasteiger partial charge in [-0.2, -0.15) is 4.99 Å². The van der Waals surface area contributed by atoms with Crippen molar-refractivity contribution in [2.75, 3.05) is 16.4 Å². The fraction of sp³-hybridized carbons (Fsp3) is 0.556. The number of carbonyl (C=O) groups is 1. The molecule has 7 heteroatoms. The Morgan fingerprint density at radius 1 is 1.36 bits per heavy atom. The van der Waals surface area contributed by atoms with Crippen LogP contribution in [0.5, 0.6) is 0 Å². The lowest BCUT2D eigenvalue weighted by atomic mass is 10.1. The van der Waals surface area contributed by atoms with Gasteiger partial charge in [-0.15, -0.1) is 0 Å². The first-order valence-corrected chi connectivity index (χ1v) is 11.3. The first-order valence-electron chi connectivity index (χ1n) is 8.58. The van der Waals surface area contributed by atoms with Crippen LogP contribution in [0.3, 0.4) is 0 Å². The van der Waals surface area contributed by atoms with Crippen molar-refractivity contribution in [3.63, 3.8) is 0 Å². The molecule has 3 atom stereocenters. The molecule has 0 aromatic heterocycles. The smallest absolute Gasteiger partial charge is 0.250 e. The standard InChI is InChI=1S/C18H24N2O3S2/c1-5-12(3)17(21)19-18-20(14-8-11(2)6-7-13(14)4)15-9-25(22,23)10-16(15)24-18/h6-8,12,15-16H,5,9-10H2,1-4H3/t12-,15+,16+/m0/s1. The van der Waals surface area contributed by atoms with Crippen molar-refractivity contribution < 1.29 is 13.2 Å². The van der Waals surface area contributed by atoms with Gasteiger partial charge in [-0.05, 0) is 37.5 Å². The maximum Gasteiger partial charge on any atom is 0.250 e. The minimum Gasteiger partial charge on any atom is -0.315 e. The number of carbonyl (C=O) groups excluding carboxylic acids is 1. The first kappa shape index (κ1) is 18.5. The third-order valence-electron chi connectivity index (χ3n) is 4.93. The first-order chi connectivity index (χ1) is 11.7. The molecule has 2 heterocycles. The molecule has 2 saturated heterocycles. The van der Waals surface area contributed by atoms with Crippen molar-refractivity contribution >= 4 is 38.4 Å². The van der Waals surface area contributed by atoms with E-state index in [-0.39, 0.29) is 34.6 Å². The van der Waals surface area contributed by atoms with Crippen LogP contribution in [0.1, 0.15) is 31.4 Å². The third-order valence-corrected chi connectivity index (χ3v) is 8.14. The zero-order valence-electron chi connectivity index (χ0n) is 15.0. The number of aliphatic imine (C=N–C) groups is 1. The zero-order valence-corrected chi connectivity index (χ0v) is 16.7. The molecule has 0 unspecified atom stereocenters. The summed E-state index contributed by atoms with van der Waals surface area (Å²) in [6, 6.07) is 5.96. The quantitative estimate of drug-likeness (QED) is 0.806. The van der Waals surface area contributed by atoms with E-state index < -0.39 is 9.84 Å². The fourth-order valence-corrected chi connectivity index (χ4v) is 7.12. The summed E-state index contributed by atoms with van der Waals surface area (Å²) in [5.74, 6) is 0.00956. The van der Waals surface area contributed by atoms with Crippen molar-refractivity contribution in [1.29, 1.82) is 0 Å². The van der Waals surface area contributed by atoms with E-state index in [9.17, 15) is 13.2 Å². The molecule has 25 heavy (non-hydrogen) atoms. The van der Waals surface area contributed by atoms with Gasteiger partial charge in [0.1, 0.15) is 0 Å². The minimum absolute atomic E-state index is 0.0617. The molecule has 136 valence electrons. The van der Waals surface area contributed by atoms with Crippen molar-refractivity contribution in [2.45, 2.75) is 45.4 Å². The van der Waals surface area contributed by atoms with Gasteiger partial charge >= 0.3 is 0 Å². The van der Waals surface area contributed by atoms with E-state index in [1.165, 1.54) is 11.8 Å². The van der Waals surface area contributed by atoms with Crippen LogP contribution in [0.25, 0.3) is 0 Å². The Morgan fingerprint density at radius 2 is 2.08 bits per heavy atom. The maximum absolute atomic E-state index is 12.4. The fourth-order valence-electron chi connectivity index (χ4n) is 3.20. The van der Waals surface area contributed by atoms with Gasteiger partial charge < -0.3 is 4.90 Å². The highest BCUT2D eigenvalue weighted by Gasteiger charge is 2.49. The van der Waals surface area contributed by atoms with E-state index in [2.05, 4.69) is 4.99 Å². The Hall–Kier alpha value is -1.34. The molecule has 3 rings (SSSR count). The van der Waals surface area contributed by atoms with Crippen LogP contribution in [0.15, 0.2) is 23.2 Å². The largest absolute Gasteiger partial charge is 0.315 e. The molecule has 1 amide bonds. The van der Waals surface area contributed by atoms with Crippen LogP contribution in [-0.2, 0) is 14.6 Å². The van der Waals surface area contributed by atoms with Crippen molar-refractivity contribution in [3.8, 4) is 0 Å². The molecule has 2 fully saturated rings. The molecule has 0 spiro atoms. The molecule has 0 radical (unpaired) electrons. The summed E-state index contributed by atoms with van der Waals surface area (Å²) in [5.41, 5.74) is 3.11. The monoisotopic (exact) mass is 380 g/mol. The Bertz CT molecular complexity index is 833. The van der Waals surface area contributed by atoms with Gasteiger partial charge in [0.05, 0.1) is 17.5 Å². The van der Waals surface area contributed by atoms with E-state index in [1.54, 1.807) is 0 Å². The minimum atomic E-state index is -3.04. The van der Waals surface area contributed by atoms with E-state index in [4.69, 9.17) is 0 Å². The molecule has 2 aliphatic rings. The summed E-state index contributed by atoms with van der Waals surface area (Å²) >= 11 is 1.43. The molecular weight excluding hydrogens is 356 g/mol. The molecule has 0 aliphatic carbocycles. The lowest BCUT2D eigenvalue weighted by molar-refractivity contribution is -0.121. The number of anilines is 1. The summed E-state index contributed by atoms with van der Waals surface area (Å²) < 4.78 is 24.2. The van der Waals surface area contributed by atoms with Crippen molar-refractivity contribution in [2.24, 2.45) is 10.9 Å². The second kappa shape index (κ2) is 6.76. The highest BCUT2D eigenvalue weighted by Crippen LogP contribution is 2.42. The van der Waals surface area contributed by atoms with Gasteiger partial charge in [-0.25, -0.2) is 8.42 Å². The third kappa shape index (κ3) is 3.62. The number of benzene rings is 1. The molecule has 0 saturated carbocycles. The Kier molecular flexibility index (Phi) is 4.99. The van der Waals surface area contributed by atoms with Crippen LogP contribution < -0.4 is 4.90 Å². The van der Waals surface area contributed by atoms with E-state index in [0.29, 0.717) is 5.17 Å². The number of nitrogens with zero attached hydrogens (tertiary/aromatic N) is 2. The number of rotatable bonds is 3. The normalized spacial score (nSPS) is 27.5. The SMILES string of the molecule is CC[C@H](C)C(=O)N=C1S[C@@H]2CS(=O)(=O)C[C@H]2N1c1cc(C)ccc1C. The number of amidine groups is 1. The zero-order chi connectivity index (χ0) is 18.4. The number of hydrogen-bond acceptors (Lipinski definition) is 4. The molecule has 1 aromatic rings. The summed E-state index contributed by atoms with van der Waals surface area (Å²) in [6.45, 7) is 7.86. The van der Waals surface area contributed by atoms with E-state index in [0.717, 1.165) is 23.2 Å². The molecular formula is C18H24N2O3S2. The Balaban J connectivity index is 2.05. The maximum atomic E-state index is 12.4. The second-order valence-corrected chi connectivity index (χ2v) is 10.4. The van der Waals surface area contributed by atoms with Gasteiger partial charge in [0.15, 0.2) is 15.0 Å². The average Bonchev–Trinajstić information content (AvgIpc) is 3.00. The summed E-state index contributed by atoms with van der Waals surface area (Å²) in [4.78, 5) is 18.7. The highest BCUT2D eigenvalue weighted by atomic mass is 32.2. The van der Waals surface area contributed by atoms with Gasteiger partial charge in [0.2, 0.25) is 0 Å².